The molecule has 3 N–H and O–H groups in total. The lowest BCUT2D eigenvalue weighted by atomic mass is 10.1. The summed E-state index contributed by atoms with van der Waals surface area (Å²) in [6.07, 6.45) is -8.99. The summed E-state index contributed by atoms with van der Waals surface area (Å²) >= 11 is 0. The fourth-order valence-electron chi connectivity index (χ4n) is 4.11. The number of benzene rings is 1. The van der Waals surface area contributed by atoms with E-state index < -0.39 is 36.4 Å². The van der Waals surface area contributed by atoms with Crippen LogP contribution in [0.5, 0.6) is 0 Å². The van der Waals surface area contributed by atoms with Gasteiger partial charge in [0.15, 0.2) is 0 Å². The highest BCUT2D eigenvalue weighted by Crippen LogP contribution is 2.33. The third kappa shape index (κ3) is 13.5. The van der Waals surface area contributed by atoms with Crippen molar-refractivity contribution in [1.29, 1.82) is 0 Å². The number of likely N-dealkylation sites (tertiary alicyclic amines) is 2. The molecular formula is C25H25F10N3O6. The Morgan fingerprint density at radius 3 is 1.36 bits per heavy atom. The molecule has 0 amide bonds. The molecule has 2 atom stereocenters. The second kappa shape index (κ2) is 16.2. The molecule has 19 heteroatoms. The number of hydrogen-bond acceptors (Lipinski definition) is 6. The van der Waals surface area contributed by atoms with Crippen LogP contribution in [0.25, 0.3) is 0 Å². The average molecular weight is 653 g/mol. The van der Waals surface area contributed by atoms with Gasteiger partial charge in [-0.15, -0.1) is 0 Å². The van der Waals surface area contributed by atoms with Gasteiger partial charge in [0.05, 0.1) is 0 Å². The lowest BCUT2D eigenvalue weighted by Gasteiger charge is -2.25. The van der Waals surface area contributed by atoms with Gasteiger partial charge in [0.25, 0.3) is 0 Å². The minimum atomic E-state index is -5.08. The summed E-state index contributed by atoms with van der Waals surface area (Å²) in [4.78, 5) is 36.1. The van der Waals surface area contributed by atoms with Crippen LogP contribution >= 0.6 is 0 Å². The van der Waals surface area contributed by atoms with Gasteiger partial charge in [0.1, 0.15) is 5.82 Å². The maximum absolute atomic E-state index is 13.0. The maximum atomic E-state index is 13.0. The molecule has 0 unspecified atom stereocenters. The average Bonchev–Trinajstić information content (AvgIpc) is 3.48. The molecule has 2 fully saturated rings. The minimum absolute atomic E-state index is 0.156. The fraction of sp³-hybridized carbons (Fsp3) is 0.440. The Bertz CT molecular complexity index is 1150. The van der Waals surface area contributed by atoms with E-state index in [0.717, 1.165) is 26.2 Å². The number of carboxylic acid groups (broad SMARTS) is 3. The first kappa shape index (κ1) is 38.0. The van der Waals surface area contributed by atoms with Gasteiger partial charge in [0, 0.05) is 50.7 Å². The van der Waals surface area contributed by atoms with Crippen molar-refractivity contribution >= 4 is 17.9 Å². The molecule has 0 spiro atoms. The fourth-order valence-corrected chi connectivity index (χ4v) is 4.11. The van der Waals surface area contributed by atoms with Crippen LogP contribution in [-0.4, -0.2) is 91.7 Å². The standard InChI is InChI=1S/C19H22FN3.3C2HF3O2/c20-17-5-3-15(4-6-17)13-22-10-7-19-18(22)8-11-23(19)14-16-2-1-9-21-12-16;3*3-2(4,5)1(6)7/h1-6,9,12,18-19H,7-8,10-11,13-14H2;3*(H,6,7)/t18-,19+;;;/m1.../s1. The number of hydrogen-bond donors (Lipinski definition) is 3. The van der Waals surface area contributed by atoms with Crippen LogP contribution in [0.3, 0.4) is 0 Å². The molecule has 1 aromatic carbocycles. The lowest BCUT2D eigenvalue weighted by molar-refractivity contribution is -0.193. The zero-order valence-corrected chi connectivity index (χ0v) is 22.2. The van der Waals surface area contributed by atoms with E-state index in [1.165, 1.54) is 24.0 Å². The number of alkyl halides is 9. The van der Waals surface area contributed by atoms with Gasteiger partial charge in [-0.25, -0.2) is 18.8 Å². The predicted molar refractivity (Wildman–Crippen MR) is 129 cm³/mol. The summed E-state index contributed by atoms with van der Waals surface area (Å²) in [5.41, 5.74) is 2.50. The Labute approximate surface area is 242 Å². The highest BCUT2D eigenvalue weighted by molar-refractivity contribution is 5.73. The molecule has 246 valence electrons. The van der Waals surface area contributed by atoms with Gasteiger partial charge in [-0.05, 0) is 42.2 Å². The van der Waals surface area contributed by atoms with Gasteiger partial charge in [0.2, 0.25) is 0 Å². The number of halogens is 10. The highest BCUT2D eigenvalue weighted by Gasteiger charge is 2.42. The Morgan fingerprint density at radius 2 is 1.05 bits per heavy atom. The predicted octanol–water partition coefficient (Wildman–Crippen LogP) is 4.97. The number of pyridine rings is 1. The van der Waals surface area contributed by atoms with Crippen molar-refractivity contribution in [2.24, 2.45) is 0 Å². The van der Waals surface area contributed by atoms with Crippen molar-refractivity contribution < 1.29 is 73.6 Å². The molecule has 2 saturated heterocycles. The van der Waals surface area contributed by atoms with E-state index in [9.17, 15) is 43.9 Å². The largest absolute Gasteiger partial charge is 0.490 e. The van der Waals surface area contributed by atoms with E-state index in [2.05, 4.69) is 20.9 Å². The molecule has 9 nitrogen and oxygen atoms in total. The van der Waals surface area contributed by atoms with Gasteiger partial charge in [-0.2, -0.15) is 39.5 Å². The first-order valence-corrected chi connectivity index (χ1v) is 12.1. The number of fused-ring (bicyclic) bond motifs is 1. The molecule has 2 aromatic rings. The van der Waals surface area contributed by atoms with Crippen LogP contribution in [0.1, 0.15) is 24.0 Å². The van der Waals surface area contributed by atoms with Crippen molar-refractivity contribution in [2.45, 2.75) is 56.5 Å². The molecule has 3 heterocycles. The summed E-state index contributed by atoms with van der Waals surface area (Å²) in [6, 6.07) is 12.4. The van der Waals surface area contributed by atoms with Gasteiger partial charge in [-0.3, -0.25) is 14.8 Å². The number of carboxylic acids is 3. The Balaban J connectivity index is 0.000000379. The van der Waals surface area contributed by atoms with E-state index >= 15 is 0 Å². The third-order valence-electron chi connectivity index (χ3n) is 5.94. The molecule has 4 rings (SSSR count). The highest BCUT2D eigenvalue weighted by atomic mass is 19.4. The van der Waals surface area contributed by atoms with Crippen LogP contribution in [0, 0.1) is 5.82 Å². The molecule has 1 aromatic heterocycles. The Kier molecular flexibility index (Phi) is 14.0. The van der Waals surface area contributed by atoms with Crippen molar-refractivity contribution in [3.63, 3.8) is 0 Å². The Hall–Kier alpha value is -4.00. The SMILES string of the molecule is Fc1ccc(CN2CC[C@H]3[C@H]2CCN3Cc2cccnc2)cc1.O=C(O)C(F)(F)F.O=C(O)C(F)(F)F.O=C(O)C(F)(F)F. The summed E-state index contributed by atoms with van der Waals surface area (Å²) < 4.78 is 108. The first-order chi connectivity index (χ1) is 20.1. The van der Waals surface area contributed by atoms with E-state index in [0.29, 0.717) is 12.1 Å². The molecular weight excluding hydrogens is 628 g/mol. The molecule has 44 heavy (non-hydrogen) atoms. The zero-order valence-electron chi connectivity index (χ0n) is 22.2. The van der Waals surface area contributed by atoms with E-state index in [-0.39, 0.29) is 5.82 Å². The van der Waals surface area contributed by atoms with Gasteiger partial charge >= 0.3 is 36.4 Å². The first-order valence-electron chi connectivity index (χ1n) is 12.1. The van der Waals surface area contributed by atoms with Crippen molar-refractivity contribution in [2.75, 3.05) is 13.1 Å². The monoisotopic (exact) mass is 653 g/mol. The van der Waals surface area contributed by atoms with Crippen molar-refractivity contribution in [3.8, 4) is 0 Å². The number of aliphatic carboxylic acids is 3. The molecule has 0 aliphatic carbocycles. The van der Waals surface area contributed by atoms with Crippen LogP contribution in [-0.2, 0) is 27.5 Å². The van der Waals surface area contributed by atoms with Crippen LogP contribution in [0.4, 0.5) is 43.9 Å². The van der Waals surface area contributed by atoms with Gasteiger partial charge < -0.3 is 15.3 Å². The third-order valence-corrected chi connectivity index (χ3v) is 5.94. The van der Waals surface area contributed by atoms with E-state index in [4.69, 9.17) is 29.7 Å². The molecule has 0 bridgehead atoms. The maximum Gasteiger partial charge on any atom is 0.490 e. The molecule has 0 radical (unpaired) electrons. The normalized spacial score (nSPS) is 18.4. The second-order valence-corrected chi connectivity index (χ2v) is 9.05. The number of rotatable bonds is 4. The second-order valence-electron chi connectivity index (χ2n) is 9.05. The van der Waals surface area contributed by atoms with E-state index in [1.807, 2.05) is 30.6 Å². The smallest absolute Gasteiger partial charge is 0.475 e. The van der Waals surface area contributed by atoms with Crippen molar-refractivity contribution in [1.82, 2.24) is 14.8 Å². The van der Waals surface area contributed by atoms with Crippen molar-refractivity contribution in [3.05, 3.63) is 65.7 Å². The molecule has 2 aliphatic rings. The summed E-state index contributed by atoms with van der Waals surface area (Å²) in [5, 5.41) is 21.4. The summed E-state index contributed by atoms with van der Waals surface area (Å²) in [7, 11) is 0. The van der Waals surface area contributed by atoms with Crippen LogP contribution in [0.15, 0.2) is 48.8 Å². The minimum Gasteiger partial charge on any atom is -0.475 e. The summed E-state index contributed by atoms with van der Waals surface area (Å²) in [5.74, 6) is -8.43. The number of aromatic nitrogens is 1. The van der Waals surface area contributed by atoms with Gasteiger partial charge in [-0.1, -0.05) is 18.2 Å². The Morgan fingerprint density at radius 1 is 0.682 bits per heavy atom. The summed E-state index contributed by atoms with van der Waals surface area (Å²) in [6.45, 7) is 4.22. The number of carbonyl (C=O) groups is 3. The topological polar surface area (TPSA) is 131 Å². The zero-order chi connectivity index (χ0) is 33.9. The molecule has 2 aliphatic heterocycles. The van der Waals surface area contributed by atoms with Crippen LogP contribution in [0.2, 0.25) is 0 Å². The quantitative estimate of drug-likeness (QED) is 0.392. The van der Waals surface area contributed by atoms with E-state index in [1.54, 1.807) is 12.1 Å². The van der Waals surface area contributed by atoms with Crippen LogP contribution < -0.4 is 0 Å². The molecule has 0 saturated carbocycles. The lowest BCUT2D eigenvalue weighted by Crippen LogP contribution is -2.36. The number of nitrogens with zero attached hydrogens (tertiary/aromatic N) is 3.